The van der Waals surface area contributed by atoms with Crippen LogP contribution in [0.25, 0.3) is 0 Å². The fraction of sp³-hybridized carbons (Fsp3) is 0.474. The number of likely N-dealkylation sites (tertiary alicyclic amines) is 1. The lowest BCUT2D eigenvalue weighted by atomic mass is 9.90. The van der Waals surface area contributed by atoms with Crippen molar-refractivity contribution in [3.05, 3.63) is 47.5 Å². The first kappa shape index (κ1) is 17.3. The molecule has 0 bridgehead atoms. The van der Waals surface area contributed by atoms with Crippen LogP contribution in [-0.4, -0.2) is 38.8 Å². The van der Waals surface area contributed by atoms with Crippen LogP contribution < -0.4 is 5.73 Å². The zero-order valence-corrected chi connectivity index (χ0v) is 14.9. The number of pyridine rings is 1. The monoisotopic (exact) mass is 339 g/mol. The summed E-state index contributed by atoms with van der Waals surface area (Å²) in [6.45, 7) is 5.69. The SMILES string of the molecule is CC(C)Cc1cc(C(=O)N2CCC(c3ccncc3)CC2)nc(N)n1. The highest BCUT2D eigenvalue weighted by Crippen LogP contribution is 2.28. The van der Waals surface area contributed by atoms with Gasteiger partial charge in [-0.1, -0.05) is 13.8 Å². The Labute approximate surface area is 148 Å². The number of rotatable bonds is 4. The smallest absolute Gasteiger partial charge is 0.272 e. The molecule has 1 amide bonds. The molecule has 0 aliphatic carbocycles. The Morgan fingerprint density at radius 3 is 2.56 bits per heavy atom. The highest BCUT2D eigenvalue weighted by molar-refractivity contribution is 5.92. The van der Waals surface area contributed by atoms with Crippen molar-refractivity contribution in [2.45, 2.75) is 39.0 Å². The fourth-order valence-electron chi connectivity index (χ4n) is 3.36. The summed E-state index contributed by atoms with van der Waals surface area (Å²) in [7, 11) is 0. The molecular formula is C19H25N5O. The van der Waals surface area contributed by atoms with Crippen molar-refractivity contribution in [1.29, 1.82) is 0 Å². The summed E-state index contributed by atoms with van der Waals surface area (Å²) in [5, 5.41) is 0. The molecule has 0 unspecified atom stereocenters. The molecule has 25 heavy (non-hydrogen) atoms. The van der Waals surface area contributed by atoms with E-state index < -0.39 is 0 Å². The molecule has 1 fully saturated rings. The van der Waals surface area contributed by atoms with Crippen LogP contribution in [0.5, 0.6) is 0 Å². The molecule has 0 aromatic carbocycles. The minimum absolute atomic E-state index is 0.0488. The molecule has 132 valence electrons. The molecule has 3 heterocycles. The predicted octanol–water partition coefficient (Wildman–Crippen LogP) is 2.67. The first-order valence-corrected chi connectivity index (χ1v) is 8.85. The van der Waals surface area contributed by atoms with Gasteiger partial charge >= 0.3 is 0 Å². The van der Waals surface area contributed by atoms with Gasteiger partial charge in [0.15, 0.2) is 0 Å². The number of carbonyl (C=O) groups excluding carboxylic acids is 1. The van der Waals surface area contributed by atoms with Gasteiger partial charge in [-0.2, -0.15) is 0 Å². The second-order valence-corrected chi connectivity index (χ2v) is 7.05. The average molecular weight is 339 g/mol. The molecule has 6 nitrogen and oxygen atoms in total. The third kappa shape index (κ3) is 4.32. The van der Waals surface area contributed by atoms with Crippen LogP contribution in [0.15, 0.2) is 30.6 Å². The molecule has 6 heteroatoms. The van der Waals surface area contributed by atoms with Crippen molar-refractivity contribution in [2.75, 3.05) is 18.8 Å². The van der Waals surface area contributed by atoms with Crippen LogP contribution in [0.1, 0.15) is 54.4 Å². The number of anilines is 1. The van der Waals surface area contributed by atoms with Crippen molar-refractivity contribution in [3.8, 4) is 0 Å². The summed E-state index contributed by atoms with van der Waals surface area (Å²) in [5.41, 5.74) is 8.34. The Kier molecular flexibility index (Phi) is 5.26. The molecule has 1 aliphatic heterocycles. The van der Waals surface area contributed by atoms with Gasteiger partial charge in [0.25, 0.3) is 5.91 Å². The number of hydrogen-bond acceptors (Lipinski definition) is 5. The molecule has 1 aliphatic rings. The number of nitrogens with zero attached hydrogens (tertiary/aromatic N) is 4. The lowest BCUT2D eigenvalue weighted by Gasteiger charge is -2.32. The summed E-state index contributed by atoms with van der Waals surface area (Å²) in [6, 6.07) is 5.91. The van der Waals surface area contributed by atoms with E-state index in [9.17, 15) is 4.79 Å². The highest BCUT2D eigenvalue weighted by Gasteiger charge is 2.25. The zero-order chi connectivity index (χ0) is 17.8. The van der Waals surface area contributed by atoms with Crippen molar-refractivity contribution in [3.63, 3.8) is 0 Å². The number of nitrogens with two attached hydrogens (primary N) is 1. The van der Waals surface area contributed by atoms with Crippen LogP contribution >= 0.6 is 0 Å². The van der Waals surface area contributed by atoms with Crippen molar-refractivity contribution < 1.29 is 4.79 Å². The molecule has 2 N–H and O–H groups in total. The molecule has 3 rings (SSSR count). The van der Waals surface area contributed by atoms with E-state index >= 15 is 0 Å². The minimum atomic E-state index is -0.0488. The largest absolute Gasteiger partial charge is 0.368 e. The third-order valence-corrected chi connectivity index (χ3v) is 4.59. The van der Waals surface area contributed by atoms with Crippen LogP contribution in [0.2, 0.25) is 0 Å². The van der Waals surface area contributed by atoms with Crippen molar-refractivity contribution >= 4 is 11.9 Å². The summed E-state index contributed by atoms with van der Waals surface area (Å²) in [5.74, 6) is 1.06. The lowest BCUT2D eigenvalue weighted by Crippen LogP contribution is -2.38. The van der Waals surface area contributed by atoms with Crippen LogP contribution in [0.3, 0.4) is 0 Å². The Bertz CT molecular complexity index is 724. The van der Waals surface area contributed by atoms with E-state index in [0.717, 1.165) is 38.0 Å². The Balaban J connectivity index is 1.67. The van der Waals surface area contributed by atoms with Crippen molar-refractivity contribution in [1.82, 2.24) is 19.9 Å². The third-order valence-electron chi connectivity index (χ3n) is 4.59. The van der Waals surface area contributed by atoms with Gasteiger partial charge in [-0.25, -0.2) is 9.97 Å². The zero-order valence-electron chi connectivity index (χ0n) is 14.9. The van der Waals surface area contributed by atoms with E-state index in [0.29, 0.717) is 17.5 Å². The average Bonchev–Trinajstić information content (AvgIpc) is 2.61. The number of carbonyl (C=O) groups is 1. The van der Waals surface area contributed by atoms with Gasteiger partial charge in [-0.3, -0.25) is 9.78 Å². The maximum atomic E-state index is 12.8. The quantitative estimate of drug-likeness (QED) is 0.925. The summed E-state index contributed by atoms with van der Waals surface area (Å²) >= 11 is 0. The molecular weight excluding hydrogens is 314 g/mol. The number of aromatic nitrogens is 3. The summed E-state index contributed by atoms with van der Waals surface area (Å²) in [4.78, 5) is 27.2. The topological polar surface area (TPSA) is 85.0 Å². The first-order chi connectivity index (χ1) is 12.0. The molecule has 1 saturated heterocycles. The Morgan fingerprint density at radius 2 is 1.92 bits per heavy atom. The van der Waals surface area contributed by atoms with E-state index in [1.165, 1.54) is 5.56 Å². The molecule has 2 aromatic rings. The Hall–Kier alpha value is -2.50. The lowest BCUT2D eigenvalue weighted by molar-refractivity contribution is 0.0706. The van der Waals surface area contributed by atoms with Gasteiger partial charge in [0, 0.05) is 31.2 Å². The van der Waals surface area contributed by atoms with Crippen molar-refractivity contribution in [2.24, 2.45) is 5.92 Å². The van der Waals surface area contributed by atoms with E-state index in [-0.39, 0.29) is 11.9 Å². The van der Waals surface area contributed by atoms with Gasteiger partial charge in [-0.15, -0.1) is 0 Å². The first-order valence-electron chi connectivity index (χ1n) is 8.85. The number of hydrogen-bond donors (Lipinski definition) is 1. The van der Waals surface area contributed by atoms with Gasteiger partial charge in [0.2, 0.25) is 5.95 Å². The molecule has 0 atom stereocenters. The van der Waals surface area contributed by atoms with Gasteiger partial charge < -0.3 is 10.6 Å². The molecule has 0 radical (unpaired) electrons. The second kappa shape index (κ2) is 7.59. The van der Waals surface area contributed by atoms with E-state index in [1.54, 1.807) is 6.07 Å². The van der Waals surface area contributed by atoms with Gasteiger partial charge in [0.05, 0.1) is 0 Å². The number of amides is 1. The van der Waals surface area contributed by atoms with Crippen LogP contribution in [0, 0.1) is 5.92 Å². The Morgan fingerprint density at radius 1 is 1.24 bits per heavy atom. The van der Waals surface area contributed by atoms with E-state index in [2.05, 4.69) is 40.9 Å². The van der Waals surface area contributed by atoms with Crippen LogP contribution in [-0.2, 0) is 6.42 Å². The summed E-state index contributed by atoms with van der Waals surface area (Å²) in [6.07, 6.45) is 6.35. The maximum absolute atomic E-state index is 12.8. The van der Waals surface area contributed by atoms with Crippen LogP contribution in [0.4, 0.5) is 5.95 Å². The molecule has 0 spiro atoms. The number of piperidine rings is 1. The predicted molar refractivity (Wildman–Crippen MR) is 97.1 cm³/mol. The number of nitrogen functional groups attached to an aromatic ring is 1. The standard InChI is InChI=1S/C19H25N5O/c1-13(2)11-16-12-17(23-19(20)22-16)18(25)24-9-5-15(6-10-24)14-3-7-21-8-4-14/h3-4,7-8,12-13,15H,5-6,9-11H2,1-2H3,(H2,20,22,23). The second-order valence-electron chi connectivity index (χ2n) is 7.05. The summed E-state index contributed by atoms with van der Waals surface area (Å²) < 4.78 is 0. The molecule has 0 saturated carbocycles. The maximum Gasteiger partial charge on any atom is 0.272 e. The van der Waals surface area contributed by atoms with Gasteiger partial charge in [0.1, 0.15) is 5.69 Å². The van der Waals surface area contributed by atoms with E-state index in [4.69, 9.17) is 5.73 Å². The fourth-order valence-corrected chi connectivity index (χ4v) is 3.36. The van der Waals surface area contributed by atoms with Gasteiger partial charge in [-0.05, 0) is 54.9 Å². The normalized spacial score (nSPS) is 15.6. The molecule has 2 aromatic heterocycles. The minimum Gasteiger partial charge on any atom is -0.368 e. The highest BCUT2D eigenvalue weighted by atomic mass is 16.2. The van der Waals surface area contributed by atoms with E-state index in [1.807, 2.05) is 17.3 Å².